The molecule has 1 aromatic carbocycles. The fourth-order valence-electron chi connectivity index (χ4n) is 2.08. The fraction of sp³-hybridized carbons (Fsp3) is 0.571. The number of rotatable bonds is 3. The minimum absolute atomic E-state index is 0.332. The van der Waals surface area contributed by atoms with Gasteiger partial charge in [0.15, 0.2) is 0 Å². The Labute approximate surface area is 92.5 Å². The molecule has 0 radical (unpaired) electrons. The summed E-state index contributed by atoms with van der Waals surface area (Å²) < 4.78 is 6.10. The van der Waals surface area contributed by atoms with Gasteiger partial charge in [0, 0.05) is 0 Å². The molecule has 0 saturated carbocycles. The quantitative estimate of drug-likeness (QED) is 0.729. The Morgan fingerprint density at radius 3 is 2.67 bits per heavy atom. The lowest BCUT2D eigenvalue weighted by Crippen LogP contribution is -2.17. The van der Waals surface area contributed by atoms with Crippen LogP contribution in [0.1, 0.15) is 44.4 Å². The molecule has 0 fully saturated rings. The molecule has 1 aliphatic carbocycles. The monoisotopic (exact) mass is 204 g/mol. The Morgan fingerprint density at radius 1 is 1.20 bits per heavy atom. The Kier molecular flexibility index (Phi) is 3.11. The molecule has 1 heteroatoms. The van der Waals surface area contributed by atoms with Crippen LogP contribution in [-0.4, -0.2) is 6.10 Å². The molecule has 0 saturated heterocycles. The molecule has 0 N–H and O–H groups in total. The molecule has 2 atom stereocenters. The predicted octanol–water partition coefficient (Wildman–Crippen LogP) is 3.74. The molecule has 2 unspecified atom stereocenters. The van der Waals surface area contributed by atoms with Gasteiger partial charge in [0.05, 0.1) is 12.2 Å². The Bertz CT molecular complexity index is 330. The molecule has 1 aromatic rings. The van der Waals surface area contributed by atoms with Crippen LogP contribution in [0.3, 0.4) is 0 Å². The summed E-state index contributed by atoms with van der Waals surface area (Å²) in [5, 5.41) is 0. The first kappa shape index (κ1) is 10.7. The van der Waals surface area contributed by atoms with Crippen molar-refractivity contribution in [2.45, 2.75) is 45.8 Å². The molecule has 15 heavy (non-hydrogen) atoms. The van der Waals surface area contributed by atoms with Crippen LogP contribution in [0.15, 0.2) is 24.3 Å². The SMILES string of the molecule is CC(C)C(C)OC1CCc2ccccc21. The Balaban J connectivity index is 2.08. The van der Waals surface area contributed by atoms with Gasteiger partial charge in [-0.2, -0.15) is 0 Å². The Hall–Kier alpha value is -0.820. The predicted molar refractivity (Wildman–Crippen MR) is 62.9 cm³/mol. The molecule has 0 amide bonds. The van der Waals surface area contributed by atoms with Gasteiger partial charge in [0.1, 0.15) is 0 Å². The van der Waals surface area contributed by atoms with E-state index < -0.39 is 0 Å². The van der Waals surface area contributed by atoms with E-state index in [1.807, 2.05) is 0 Å². The molecule has 82 valence electrons. The summed E-state index contributed by atoms with van der Waals surface area (Å²) in [7, 11) is 0. The van der Waals surface area contributed by atoms with E-state index >= 15 is 0 Å². The molecule has 1 nitrogen and oxygen atoms in total. The molecule has 0 aromatic heterocycles. The lowest BCUT2D eigenvalue weighted by Gasteiger charge is -2.22. The maximum Gasteiger partial charge on any atom is 0.0834 e. The summed E-state index contributed by atoms with van der Waals surface area (Å²) in [4.78, 5) is 0. The first-order valence-electron chi connectivity index (χ1n) is 5.91. The third-order valence-electron chi connectivity index (χ3n) is 3.40. The highest BCUT2D eigenvalue weighted by Gasteiger charge is 2.24. The van der Waals surface area contributed by atoms with E-state index in [1.54, 1.807) is 0 Å². The average molecular weight is 204 g/mol. The zero-order valence-electron chi connectivity index (χ0n) is 9.86. The standard InChI is InChI=1S/C14H20O/c1-10(2)11(3)15-14-9-8-12-6-4-5-7-13(12)14/h4-7,10-11,14H,8-9H2,1-3H3. The number of hydrogen-bond acceptors (Lipinski definition) is 1. The van der Waals surface area contributed by atoms with Gasteiger partial charge in [-0.15, -0.1) is 0 Å². The summed E-state index contributed by atoms with van der Waals surface area (Å²) in [5.41, 5.74) is 2.88. The van der Waals surface area contributed by atoms with E-state index in [0.29, 0.717) is 18.1 Å². The molecule has 0 spiro atoms. The smallest absolute Gasteiger partial charge is 0.0834 e. The van der Waals surface area contributed by atoms with Gasteiger partial charge in [0.2, 0.25) is 0 Å². The van der Waals surface area contributed by atoms with Crippen molar-refractivity contribution in [1.82, 2.24) is 0 Å². The zero-order chi connectivity index (χ0) is 10.8. The van der Waals surface area contributed by atoms with Crippen LogP contribution in [0.25, 0.3) is 0 Å². The third-order valence-corrected chi connectivity index (χ3v) is 3.40. The maximum absolute atomic E-state index is 6.10. The molecular formula is C14H20O. The van der Waals surface area contributed by atoms with Gasteiger partial charge in [-0.25, -0.2) is 0 Å². The van der Waals surface area contributed by atoms with Crippen LogP contribution in [0.2, 0.25) is 0 Å². The normalized spacial score (nSPS) is 21.7. The summed E-state index contributed by atoms with van der Waals surface area (Å²) >= 11 is 0. The van der Waals surface area contributed by atoms with Gasteiger partial charge in [-0.05, 0) is 36.8 Å². The topological polar surface area (TPSA) is 9.23 Å². The van der Waals surface area contributed by atoms with Crippen LogP contribution in [0, 0.1) is 5.92 Å². The van der Waals surface area contributed by atoms with E-state index in [1.165, 1.54) is 17.5 Å². The van der Waals surface area contributed by atoms with Crippen molar-refractivity contribution in [2.24, 2.45) is 5.92 Å². The van der Waals surface area contributed by atoms with Crippen LogP contribution >= 0.6 is 0 Å². The van der Waals surface area contributed by atoms with Crippen molar-refractivity contribution in [2.75, 3.05) is 0 Å². The third kappa shape index (κ3) is 2.23. The summed E-state index contributed by atoms with van der Waals surface area (Å²) in [6.45, 7) is 6.60. The molecule has 0 aliphatic heterocycles. The zero-order valence-corrected chi connectivity index (χ0v) is 9.86. The van der Waals surface area contributed by atoms with Crippen molar-refractivity contribution in [3.05, 3.63) is 35.4 Å². The summed E-state index contributed by atoms with van der Waals surface area (Å²) in [6, 6.07) is 8.66. The van der Waals surface area contributed by atoms with Crippen molar-refractivity contribution >= 4 is 0 Å². The first-order valence-corrected chi connectivity index (χ1v) is 5.91. The lowest BCUT2D eigenvalue weighted by atomic mass is 10.1. The highest BCUT2D eigenvalue weighted by atomic mass is 16.5. The number of aryl methyl sites for hydroxylation is 1. The van der Waals surface area contributed by atoms with E-state index in [2.05, 4.69) is 45.0 Å². The minimum atomic E-state index is 0.332. The van der Waals surface area contributed by atoms with Crippen molar-refractivity contribution in [1.29, 1.82) is 0 Å². The second-order valence-electron chi connectivity index (χ2n) is 4.81. The number of hydrogen-bond donors (Lipinski definition) is 0. The number of ether oxygens (including phenoxy) is 1. The molecule has 0 bridgehead atoms. The van der Waals surface area contributed by atoms with Crippen LogP contribution in [0.4, 0.5) is 0 Å². The van der Waals surface area contributed by atoms with E-state index in [4.69, 9.17) is 4.74 Å². The summed E-state index contributed by atoms with van der Waals surface area (Å²) in [6.07, 6.45) is 3.00. The maximum atomic E-state index is 6.10. The molecule has 1 aliphatic rings. The second-order valence-corrected chi connectivity index (χ2v) is 4.81. The number of fused-ring (bicyclic) bond motifs is 1. The van der Waals surface area contributed by atoms with Gasteiger partial charge < -0.3 is 4.74 Å². The van der Waals surface area contributed by atoms with Crippen LogP contribution in [-0.2, 0) is 11.2 Å². The van der Waals surface area contributed by atoms with Gasteiger partial charge >= 0.3 is 0 Å². The van der Waals surface area contributed by atoms with Crippen molar-refractivity contribution in [3.63, 3.8) is 0 Å². The average Bonchev–Trinajstić information content (AvgIpc) is 2.62. The van der Waals surface area contributed by atoms with Crippen LogP contribution < -0.4 is 0 Å². The van der Waals surface area contributed by atoms with E-state index in [-0.39, 0.29) is 0 Å². The van der Waals surface area contributed by atoms with Crippen LogP contribution in [0.5, 0.6) is 0 Å². The van der Waals surface area contributed by atoms with E-state index in [9.17, 15) is 0 Å². The van der Waals surface area contributed by atoms with Gasteiger partial charge in [-0.1, -0.05) is 38.1 Å². The first-order chi connectivity index (χ1) is 7.18. The van der Waals surface area contributed by atoms with E-state index in [0.717, 1.165) is 6.42 Å². The number of benzene rings is 1. The van der Waals surface area contributed by atoms with Gasteiger partial charge in [0.25, 0.3) is 0 Å². The van der Waals surface area contributed by atoms with Crippen molar-refractivity contribution in [3.8, 4) is 0 Å². The minimum Gasteiger partial charge on any atom is -0.370 e. The fourth-order valence-corrected chi connectivity index (χ4v) is 2.08. The molecular weight excluding hydrogens is 184 g/mol. The largest absolute Gasteiger partial charge is 0.370 e. The van der Waals surface area contributed by atoms with Crippen molar-refractivity contribution < 1.29 is 4.74 Å². The highest BCUT2D eigenvalue weighted by molar-refractivity contribution is 5.33. The highest BCUT2D eigenvalue weighted by Crippen LogP contribution is 2.35. The van der Waals surface area contributed by atoms with Gasteiger partial charge in [-0.3, -0.25) is 0 Å². The Morgan fingerprint density at radius 2 is 1.93 bits per heavy atom. The molecule has 2 rings (SSSR count). The lowest BCUT2D eigenvalue weighted by molar-refractivity contribution is -0.0255. The molecule has 0 heterocycles. The summed E-state index contributed by atoms with van der Waals surface area (Å²) in [5.74, 6) is 0.595. The second kappa shape index (κ2) is 4.36.